The van der Waals surface area contributed by atoms with E-state index < -0.39 is 0 Å². The number of hydrogen-bond acceptors (Lipinski definition) is 5. The summed E-state index contributed by atoms with van der Waals surface area (Å²) < 4.78 is 10.8. The van der Waals surface area contributed by atoms with Crippen molar-refractivity contribution in [3.8, 4) is 11.5 Å². The number of amides is 1. The Morgan fingerprint density at radius 3 is 2.96 bits per heavy atom. The fourth-order valence-electron chi connectivity index (χ4n) is 4.70. The first-order valence-corrected chi connectivity index (χ1v) is 10.0. The molecule has 5 heterocycles. The standard InChI is InChI=1S/C21H26N4O3/c1-14-18(23-12-22-14)11-24-8-16-2-4-17(10-24)25(9-16)21(26)7-15-3-5-19-20(6-15)28-13-27-19/h3,5-6,12,16-17H,2,4,7-11,13H2,1H3,(H,22,23)/t16-,17+/m1/s1. The first kappa shape index (κ1) is 17.6. The van der Waals surface area contributed by atoms with Crippen molar-refractivity contribution in [2.24, 2.45) is 5.92 Å². The molecule has 0 aliphatic carbocycles. The molecule has 4 aliphatic heterocycles. The van der Waals surface area contributed by atoms with Gasteiger partial charge >= 0.3 is 0 Å². The van der Waals surface area contributed by atoms with E-state index in [1.807, 2.05) is 18.2 Å². The fraction of sp³-hybridized carbons (Fsp3) is 0.524. The minimum atomic E-state index is 0.214. The van der Waals surface area contributed by atoms with Gasteiger partial charge in [0, 0.05) is 37.9 Å². The smallest absolute Gasteiger partial charge is 0.231 e. The van der Waals surface area contributed by atoms with E-state index in [2.05, 4.69) is 26.7 Å². The molecule has 3 fully saturated rings. The van der Waals surface area contributed by atoms with Crippen LogP contribution in [0.1, 0.15) is 29.8 Å². The van der Waals surface area contributed by atoms with Gasteiger partial charge in [-0.15, -0.1) is 0 Å². The third-order valence-electron chi connectivity index (χ3n) is 6.21. The Morgan fingerprint density at radius 1 is 1.21 bits per heavy atom. The van der Waals surface area contributed by atoms with Crippen LogP contribution in [0.3, 0.4) is 0 Å². The summed E-state index contributed by atoms with van der Waals surface area (Å²) in [6, 6.07) is 6.09. The Bertz CT molecular complexity index is 880. The number of nitrogens with zero attached hydrogens (tertiary/aromatic N) is 3. The number of H-pyrrole nitrogens is 1. The van der Waals surface area contributed by atoms with Gasteiger partial charge < -0.3 is 19.4 Å². The van der Waals surface area contributed by atoms with E-state index in [1.54, 1.807) is 6.33 Å². The first-order chi connectivity index (χ1) is 13.7. The maximum absolute atomic E-state index is 13.1. The van der Waals surface area contributed by atoms with Gasteiger partial charge in [-0.05, 0) is 43.4 Å². The van der Waals surface area contributed by atoms with Crippen molar-refractivity contribution in [1.82, 2.24) is 19.8 Å². The van der Waals surface area contributed by atoms with Gasteiger partial charge in [0.2, 0.25) is 12.7 Å². The third-order valence-corrected chi connectivity index (χ3v) is 6.21. The molecule has 1 amide bonds. The lowest BCUT2D eigenvalue weighted by molar-refractivity contribution is -0.134. The average molecular weight is 382 g/mol. The zero-order chi connectivity index (χ0) is 19.1. The van der Waals surface area contributed by atoms with Crippen LogP contribution in [0.4, 0.5) is 0 Å². The Hall–Kier alpha value is -2.54. The highest BCUT2D eigenvalue weighted by Gasteiger charge is 2.37. The number of fused-ring (bicyclic) bond motifs is 5. The van der Waals surface area contributed by atoms with Crippen LogP contribution in [0.25, 0.3) is 0 Å². The molecule has 6 rings (SSSR count). The quantitative estimate of drug-likeness (QED) is 0.877. The molecule has 3 saturated heterocycles. The van der Waals surface area contributed by atoms with Crippen molar-refractivity contribution >= 4 is 5.91 Å². The van der Waals surface area contributed by atoms with E-state index in [0.717, 1.165) is 61.1 Å². The van der Waals surface area contributed by atoms with Crippen LogP contribution < -0.4 is 9.47 Å². The molecule has 2 aromatic rings. The molecule has 7 nitrogen and oxygen atoms in total. The van der Waals surface area contributed by atoms with Crippen LogP contribution in [-0.4, -0.2) is 58.1 Å². The van der Waals surface area contributed by atoms with Crippen LogP contribution in [0, 0.1) is 12.8 Å². The number of rotatable bonds is 4. The van der Waals surface area contributed by atoms with Crippen molar-refractivity contribution in [2.75, 3.05) is 26.4 Å². The SMILES string of the molecule is Cc1[nH]cnc1CN1C[C@H]2CC[C@@H](C1)N(C(=O)Cc1ccc3c(c1)OCO3)C2. The molecule has 7 heteroatoms. The Balaban J connectivity index is 1.27. The monoisotopic (exact) mass is 382 g/mol. The molecule has 28 heavy (non-hydrogen) atoms. The molecule has 0 spiro atoms. The number of carbonyl (C=O) groups is 1. The zero-order valence-corrected chi connectivity index (χ0v) is 16.2. The van der Waals surface area contributed by atoms with Gasteiger partial charge in [-0.25, -0.2) is 4.98 Å². The predicted molar refractivity (Wildman–Crippen MR) is 103 cm³/mol. The molecule has 148 valence electrons. The number of imidazole rings is 1. The second kappa shape index (κ2) is 7.13. The molecular formula is C21H26N4O3. The number of carbonyl (C=O) groups excluding carboxylic acids is 1. The Morgan fingerprint density at radius 2 is 2.11 bits per heavy atom. The van der Waals surface area contributed by atoms with Crippen molar-refractivity contribution in [2.45, 2.75) is 38.8 Å². The summed E-state index contributed by atoms with van der Waals surface area (Å²) in [5.41, 5.74) is 3.23. The maximum Gasteiger partial charge on any atom is 0.231 e. The minimum absolute atomic E-state index is 0.214. The minimum Gasteiger partial charge on any atom is -0.454 e. The summed E-state index contributed by atoms with van der Waals surface area (Å²) in [5, 5.41) is 0. The highest BCUT2D eigenvalue weighted by molar-refractivity contribution is 5.79. The van der Waals surface area contributed by atoms with E-state index in [0.29, 0.717) is 18.4 Å². The number of ether oxygens (including phenoxy) is 2. The lowest BCUT2D eigenvalue weighted by atomic mass is 9.94. The molecular weight excluding hydrogens is 356 g/mol. The van der Waals surface area contributed by atoms with Gasteiger partial charge in [0.15, 0.2) is 11.5 Å². The second-order valence-corrected chi connectivity index (χ2v) is 8.18. The van der Waals surface area contributed by atoms with E-state index in [9.17, 15) is 4.79 Å². The van der Waals surface area contributed by atoms with Gasteiger partial charge in [0.25, 0.3) is 0 Å². The van der Waals surface area contributed by atoms with Crippen LogP contribution in [0.2, 0.25) is 0 Å². The fourth-order valence-corrected chi connectivity index (χ4v) is 4.70. The number of hydrogen-bond donors (Lipinski definition) is 1. The number of aromatic amines is 1. The number of aryl methyl sites for hydroxylation is 1. The van der Waals surface area contributed by atoms with Gasteiger partial charge in [-0.1, -0.05) is 6.07 Å². The van der Waals surface area contributed by atoms with Crippen LogP contribution >= 0.6 is 0 Å². The van der Waals surface area contributed by atoms with Crippen molar-refractivity contribution in [1.29, 1.82) is 0 Å². The Kier molecular flexibility index (Phi) is 4.47. The Labute approximate surface area is 164 Å². The lowest BCUT2D eigenvalue weighted by Crippen LogP contribution is -2.48. The molecule has 4 aliphatic rings. The molecule has 0 radical (unpaired) electrons. The summed E-state index contributed by atoms with van der Waals surface area (Å²) in [4.78, 5) is 25.3. The van der Waals surface area contributed by atoms with E-state index in [1.165, 1.54) is 6.42 Å². The highest BCUT2D eigenvalue weighted by atomic mass is 16.7. The normalized spacial score (nSPS) is 23.8. The highest BCUT2D eigenvalue weighted by Crippen LogP contribution is 2.33. The van der Waals surface area contributed by atoms with Gasteiger partial charge in [-0.2, -0.15) is 0 Å². The molecule has 0 saturated carbocycles. The van der Waals surface area contributed by atoms with E-state index in [4.69, 9.17) is 9.47 Å². The van der Waals surface area contributed by atoms with E-state index in [-0.39, 0.29) is 12.7 Å². The summed E-state index contributed by atoms with van der Waals surface area (Å²) in [7, 11) is 0. The second-order valence-electron chi connectivity index (χ2n) is 8.18. The molecule has 1 N–H and O–H groups in total. The van der Waals surface area contributed by atoms with Gasteiger partial charge in [0.1, 0.15) is 0 Å². The summed E-state index contributed by atoms with van der Waals surface area (Å²) >= 11 is 0. The summed E-state index contributed by atoms with van der Waals surface area (Å²) in [6.07, 6.45) is 4.47. The van der Waals surface area contributed by atoms with Crippen LogP contribution in [0.5, 0.6) is 11.5 Å². The first-order valence-electron chi connectivity index (χ1n) is 10.0. The largest absolute Gasteiger partial charge is 0.454 e. The molecule has 2 atom stereocenters. The summed E-state index contributed by atoms with van der Waals surface area (Å²) in [5.74, 6) is 2.25. The number of aromatic nitrogens is 2. The topological polar surface area (TPSA) is 70.7 Å². The third kappa shape index (κ3) is 3.35. The number of piperidine rings is 1. The lowest BCUT2D eigenvalue weighted by Gasteiger charge is -2.36. The van der Waals surface area contributed by atoms with Gasteiger partial charge in [-0.3, -0.25) is 9.69 Å². The average Bonchev–Trinajstić information content (AvgIpc) is 3.21. The van der Waals surface area contributed by atoms with Crippen molar-refractivity contribution in [3.63, 3.8) is 0 Å². The molecule has 0 unspecified atom stereocenters. The predicted octanol–water partition coefficient (Wildman–Crippen LogP) is 2.11. The van der Waals surface area contributed by atoms with Crippen molar-refractivity contribution < 1.29 is 14.3 Å². The molecule has 1 aromatic heterocycles. The van der Waals surface area contributed by atoms with E-state index >= 15 is 0 Å². The zero-order valence-electron chi connectivity index (χ0n) is 16.2. The summed E-state index contributed by atoms with van der Waals surface area (Å²) in [6.45, 7) is 6.01. The molecule has 1 aromatic carbocycles. The van der Waals surface area contributed by atoms with Crippen molar-refractivity contribution in [3.05, 3.63) is 41.5 Å². The van der Waals surface area contributed by atoms with Crippen LogP contribution in [0.15, 0.2) is 24.5 Å². The number of nitrogens with one attached hydrogen (secondary N) is 1. The maximum atomic E-state index is 13.1. The van der Waals surface area contributed by atoms with Crippen LogP contribution in [-0.2, 0) is 17.8 Å². The molecule has 2 bridgehead atoms. The van der Waals surface area contributed by atoms with Gasteiger partial charge in [0.05, 0.1) is 18.4 Å². The number of benzene rings is 1.